The lowest BCUT2D eigenvalue weighted by atomic mass is 9.97. The lowest BCUT2D eigenvalue weighted by Crippen LogP contribution is -2.39. The molecule has 156 valence electrons. The Kier molecular flexibility index (Phi) is 5.57. The number of carbonyl (C=O) groups excluding carboxylic acids is 2. The van der Waals surface area contributed by atoms with Crippen molar-refractivity contribution in [2.45, 2.75) is 26.7 Å². The Balaban J connectivity index is 1.81. The van der Waals surface area contributed by atoms with E-state index in [0.717, 1.165) is 17.7 Å². The first kappa shape index (κ1) is 20.1. The summed E-state index contributed by atoms with van der Waals surface area (Å²) >= 11 is 0. The molecule has 1 fully saturated rings. The van der Waals surface area contributed by atoms with Crippen molar-refractivity contribution in [2.75, 3.05) is 24.6 Å². The predicted octanol–water partition coefficient (Wildman–Crippen LogP) is 4.24. The summed E-state index contributed by atoms with van der Waals surface area (Å²) in [5.41, 5.74) is 1.29. The van der Waals surface area contributed by atoms with E-state index in [1.165, 1.54) is 18.2 Å². The van der Waals surface area contributed by atoms with E-state index in [4.69, 9.17) is 4.74 Å². The highest BCUT2D eigenvalue weighted by molar-refractivity contribution is 6.45. The van der Waals surface area contributed by atoms with Gasteiger partial charge in [0, 0.05) is 13.1 Å². The fourth-order valence-electron chi connectivity index (χ4n) is 4.20. The first-order chi connectivity index (χ1) is 14.5. The zero-order valence-electron chi connectivity index (χ0n) is 17.2. The third-order valence-corrected chi connectivity index (χ3v) is 5.58. The maximum atomic E-state index is 14.5. The molecule has 0 bridgehead atoms. The molecule has 0 aliphatic carbocycles. The molecule has 0 spiro atoms. The second-order valence-corrected chi connectivity index (χ2v) is 7.77. The highest BCUT2D eigenvalue weighted by Gasteiger charge is 2.43. The Labute approximate surface area is 175 Å². The minimum Gasteiger partial charge on any atom is -0.494 e. The molecule has 2 aromatic carbocycles. The van der Waals surface area contributed by atoms with Gasteiger partial charge in [-0.25, -0.2) is 9.29 Å². The van der Waals surface area contributed by atoms with E-state index >= 15 is 0 Å². The van der Waals surface area contributed by atoms with Crippen LogP contribution in [0.1, 0.15) is 32.3 Å². The highest BCUT2D eigenvalue weighted by Crippen LogP contribution is 2.37. The lowest BCUT2D eigenvalue weighted by molar-refractivity contribution is -0.120. The number of rotatable bonds is 5. The second kappa shape index (κ2) is 8.30. The fraction of sp³-hybridized carbons (Fsp3) is 0.333. The number of hydrogen-bond acceptors (Lipinski definition) is 4. The number of benzene rings is 2. The van der Waals surface area contributed by atoms with Crippen molar-refractivity contribution in [3.05, 3.63) is 65.6 Å². The number of anilines is 1. The number of hydrogen-bond donors (Lipinski definition) is 0. The standard InChI is InChI=1S/C24H25FN2O3/c1-3-30-18-12-10-17(11-13-18)21-22(26-14-6-7-16(2)15-26)24(29)27(23(21)28)20-9-5-4-8-19(20)25/h4-5,8-13,16H,3,6-7,14-15H2,1-2H3. The van der Waals surface area contributed by atoms with Crippen molar-refractivity contribution < 1.29 is 18.7 Å². The molecule has 2 heterocycles. The largest absolute Gasteiger partial charge is 0.494 e. The number of piperidine rings is 1. The van der Waals surface area contributed by atoms with Gasteiger partial charge in [-0.1, -0.05) is 31.2 Å². The normalized spacial score (nSPS) is 19.6. The van der Waals surface area contributed by atoms with E-state index in [0.29, 0.717) is 48.2 Å². The van der Waals surface area contributed by atoms with Gasteiger partial charge in [-0.3, -0.25) is 9.59 Å². The van der Waals surface area contributed by atoms with Gasteiger partial charge in [0.1, 0.15) is 17.3 Å². The van der Waals surface area contributed by atoms with E-state index < -0.39 is 17.6 Å². The van der Waals surface area contributed by atoms with E-state index in [1.807, 2.05) is 11.8 Å². The van der Waals surface area contributed by atoms with Crippen LogP contribution in [0.3, 0.4) is 0 Å². The van der Waals surface area contributed by atoms with Crippen LogP contribution in [-0.2, 0) is 9.59 Å². The Bertz CT molecular complexity index is 1000. The van der Waals surface area contributed by atoms with Crippen LogP contribution in [0.4, 0.5) is 10.1 Å². The minimum absolute atomic E-state index is 0.0176. The van der Waals surface area contributed by atoms with E-state index in [1.54, 1.807) is 30.3 Å². The van der Waals surface area contributed by atoms with Crippen LogP contribution in [0.25, 0.3) is 5.57 Å². The Morgan fingerprint density at radius 3 is 2.47 bits per heavy atom. The maximum absolute atomic E-state index is 14.5. The SMILES string of the molecule is CCOc1ccc(C2=C(N3CCCC(C)C3)C(=O)N(c3ccccc3F)C2=O)cc1. The van der Waals surface area contributed by atoms with Gasteiger partial charge in [-0.05, 0) is 55.5 Å². The van der Waals surface area contributed by atoms with Gasteiger partial charge >= 0.3 is 0 Å². The Hall–Kier alpha value is -3.15. The van der Waals surface area contributed by atoms with E-state index in [2.05, 4.69) is 6.92 Å². The summed E-state index contributed by atoms with van der Waals surface area (Å²) in [4.78, 5) is 29.8. The molecule has 30 heavy (non-hydrogen) atoms. The van der Waals surface area contributed by atoms with Gasteiger partial charge in [-0.15, -0.1) is 0 Å². The van der Waals surface area contributed by atoms with Gasteiger partial charge in [0.05, 0.1) is 17.9 Å². The molecule has 0 saturated carbocycles. The molecule has 1 saturated heterocycles. The third kappa shape index (κ3) is 3.58. The van der Waals surface area contributed by atoms with Crippen LogP contribution in [-0.4, -0.2) is 36.4 Å². The topological polar surface area (TPSA) is 49.9 Å². The molecular weight excluding hydrogens is 383 g/mol. The molecule has 1 unspecified atom stereocenters. The molecule has 0 aromatic heterocycles. The highest BCUT2D eigenvalue weighted by atomic mass is 19.1. The first-order valence-corrected chi connectivity index (χ1v) is 10.4. The predicted molar refractivity (Wildman–Crippen MR) is 113 cm³/mol. The Morgan fingerprint density at radius 1 is 1.07 bits per heavy atom. The van der Waals surface area contributed by atoms with Crippen molar-refractivity contribution in [1.29, 1.82) is 0 Å². The van der Waals surface area contributed by atoms with Crippen molar-refractivity contribution in [1.82, 2.24) is 4.90 Å². The van der Waals surface area contributed by atoms with Crippen LogP contribution >= 0.6 is 0 Å². The average Bonchev–Trinajstić information content (AvgIpc) is 2.99. The minimum atomic E-state index is -0.599. The average molecular weight is 408 g/mol. The number of para-hydroxylation sites is 1. The summed E-state index contributed by atoms with van der Waals surface area (Å²) in [5.74, 6) is -0.458. The van der Waals surface area contributed by atoms with Crippen LogP contribution in [0.5, 0.6) is 5.75 Å². The van der Waals surface area contributed by atoms with Crippen LogP contribution < -0.4 is 9.64 Å². The molecule has 2 aliphatic heterocycles. The molecule has 5 nitrogen and oxygen atoms in total. The molecule has 2 aromatic rings. The number of halogens is 1. The van der Waals surface area contributed by atoms with Gasteiger partial charge < -0.3 is 9.64 Å². The number of amides is 2. The van der Waals surface area contributed by atoms with Crippen LogP contribution in [0.15, 0.2) is 54.2 Å². The third-order valence-electron chi connectivity index (χ3n) is 5.58. The zero-order chi connectivity index (χ0) is 21.3. The van der Waals surface area contributed by atoms with Gasteiger partial charge in [0.2, 0.25) is 0 Å². The molecule has 6 heteroatoms. The molecule has 0 radical (unpaired) electrons. The van der Waals surface area contributed by atoms with Crippen LogP contribution in [0, 0.1) is 11.7 Å². The lowest BCUT2D eigenvalue weighted by Gasteiger charge is -2.33. The van der Waals surface area contributed by atoms with Crippen molar-refractivity contribution in [3.63, 3.8) is 0 Å². The molecule has 2 aliphatic rings. The summed E-state index contributed by atoms with van der Waals surface area (Å²) in [6.07, 6.45) is 2.03. The molecule has 4 rings (SSSR count). The second-order valence-electron chi connectivity index (χ2n) is 7.77. The summed E-state index contributed by atoms with van der Waals surface area (Å²) in [6.45, 7) is 5.97. The fourth-order valence-corrected chi connectivity index (χ4v) is 4.20. The first-order valence-electron chi connectivity index (χ1n) is 10.4. The number of imide groups is 1. The Morgan fingerprint density at radius 2 is 1.80 bits per heavy atom. The van der Waals surface area contributed by atoms with E-state index in [9.17, 15) is 14.0 Å². The number of carbonyl (C=O) groups is 2. The monoisotopic (exact) mass is 408 g/mol. The number of nitrogens with zero attached hydrogens (tertiary/aromatic N) is 2. The van der Waals surface area contributed by atoms with Gasteiger partial charge in [-0.2, -0.15) is 0 Å². The summed E-state index contributed by atoms with van der Waals surface area (Å²) in [7, 11) is 0. The van der Waals surface area contributed by atoms with Crippen molar-refractivity contribution in [3.8, 4) is 5.75 Å². The van der Waals surface area contributed by atoms with Gasteiger partial charge in [0.15, 0.2) is 0 Å². The molecule has 1 atom stereocenters. The summed E-state index contributed by atoms with van der Waals surface area (Å²) < 4.78 is 20.0. The summed E-state index contributed by atoms with van der Waals surface area (Å²) in [6, 6.07) is 13.0. The van der Waals surface area contributed by atoms with Crippen molar-refractivity contribution >= 4 is 23.1 Å². The van der Waals surface area contributed by atoms with Crippen molar-refractivity contribution in [2.24, 2.45) is 5.92 Å². The summed E-state index contributed by atoms with van der Waals surface area (Å²) in [5, 5.41) is 0. The molecule has 2 amide bonds. The molecular formula is C24H25FN2O3. The number of likely N-dealkylation sites (tertiary alicyclic amines) is 1. The maximum Gasteiger partial charge on any atom is 0.282 e. The zero-order valence-corrected chi connectivity index (χ0v) is 17.2. The quantitative estimate of drug-likeness (QED) is 0.695. The van der Waals surface area contributed by atoms with Gasteiger partial charge in [0.25, 0.3) is 11.8 Å². The van der Waals surface area contributed by atoms with E-state index in [-0.39, 0.29) is 5.69 Å². The molecule has 0 N–H and O–H groups in total. The smallest absolute Gasteiger partial charge is 0.282 e. The van der Waals surface area contributed by atoms with Crippen LogP contribution in [0.2, 0.25) is 0 Å². The number of ether oxygens (including phenoxy) is 1.